The van der Waals surface area contributed by atoms with Crippen LogP contribution < -0.4 is 5.32 Å². The van der Waals surface area contributed by atoms with Gasteiger partial charge < -0.3 is 10.1 Å². The number of carbonyl (C=O) groups excluding carboxylic acids is 1. The van der Waals surface area contributed by atoms with Gasteiger partial charge in [0.25, 0.3) is 0 Å². The molecule has 0 aromatic heterocycles. The van der Waals surface area contributed by atoms with Crippen LogP contribution in [0.1, 0.15) is 18.4 Å². The number of nitriles is 1. The Morgan fingerprint density at radius 3 is 2.74 bits per heavy atom. The number of aryl methyl sites for hydroxylation is 1. The Hall–Kier alpha value is -1.57. The van der Waals surface area contributed by atoms with Crippen LogP contribution in [0, 0.1) is 23.7 Å². The summed E-state index contributed by atoms with van der Waals surface area (Å²) in [7, 11) is 0. The van der Waals surface area contributed by atoms with Crippen LogP contribution in [0.5, 0.6) is 0 Å². The standard InChI is InChI=1S/C14H15ClN2O2/c1-10-2-3-12(11(15)8-10)17-13(18)14(9-16)4-6-19-7-5-14/h2-3,8H,4-7H2,1H3,(H,17,18). The summed E-state index contributed by atoms with van der Waals surface area (Å²) in [6, 6.07) is 7.53. The molecular formula is C14H15ClN2O2. The summed E-state index contributed by atoms with van der Waals surface area (Å²) >= 11 is 6.08. The highest BCUT2D eigenvalue weighted by Crippen LogP contribution is 2.32. The molecule has 1 heterocycles. The number of rotatable bonds is 2. The minimum atomic E-state index is -1.01. The minimum Gasteiger partial charge on any atom is -0.381 e. The number of hydrogen-bond acceptors (Lipinski definition) is 3. The lowest BCUT2D eigenvalue weighted by Crippen LogP contribution is -2.40. The van der Waals surface area contributed by atoms with Crippen LogP contribution in [-0.2, 0) is 9.53 Å². The van der Waals surface area contributed by atoms with Gasteiger partial charge in [-0.15, -0.1) is 0 Å². The maximum absolute atomic E-state index is 12.3. The Labute approximate surface area is 117 Å². The van der Waals surface area contributed by atoms with E-state index in [9.17, 15) is 10.1 Å². The molecule has 0 bridgehead atoms. The number of amides is 1. The monoisotopic (exact) mass is 278 g/mol. The second-order valence-electron chi connectivity index (χ2n) is 4.74. The van der Waals surface area contributed by atoms with Crippen molar-refractivity contribution in [2.75, 3.05) is 18.5 Å². The number of benzene rings is 1. The molecule has 0 saturated carbocycles. The third-order valence-electron chi connectivity index (χ3n) is 3.37. The fourth-order valence-electron chi connectivity index (χ4n) is 2.07. The third-order valence-corrected chi connectivity index (χ3v) is 3.68. The maximum Gasteiger partial charge on any atom is 0.245 e. The molecule has 1 aliphatic rings. The van der Waals surface area contributed by atoms with Crippen LogP contribution in [0.2, 0.25) is 5.02 Å². The van der Waals surface area contributed by atoms with Crippen molar-refractivity contribution in [2.45, 2.75) is 19.8 Å². The van der Waals surface area contributed by atoms with Gasteiger partial charge in [-0.2, -0.15) is 5.26 Å². The first kappa shape index (κ1) is 13.9. The number of ether oxygens (including phenoxy) is 1. The summed E-state index contributed by atoms with van der Waals surface area (Å²) < 4.78 is 5.21. The van der Waals surface area contributed by atoms with Gasteiger partial charge >= 0.3 is 0 Å². The molecule has 1 aliphatic heterocycles. The van der Waals surface area contributed by atoms with Crippen molar-refractivity contribution in [3.63, 3.8) is 0 Å². The normalized spacial score (nSPS) is 17.5. The van der Waals surface area contributed by atoms with Gasteiger partial charge in [0.2, 0.25) is 5.91 Å². The number of anilines is 1. The molecule has 4 nitrogen and oxygen atoms in total. The van der Waals surface area contributed by atoms with Crippen molar-refractivity contribution in [3.8, 4) is 6.07 Å². The van der Waals surface area contributed by atoms with Crippen molar-refractivity contribution >= 4 is 23.2 Å². The molecule has 0 radical (unpaired) electrons. The summed E-state index contributed by atoms with van der Waals surface area (Å²) in [5.41, 5.74) is 0.550. The van der Waals surface area contributed by atoms with E-state index in [1.54, 1.807) is 12.1 Å². The summed E-state index contributed by atoms with van der Waals surface area (Å²) in [5.74, 6) is -0.302. The van der Waals surface area contributed by atoms with Crippen molar-refractivity contribution in [1.82, 2.24) is 0 Å². The molecular weight excluding hydrogens is 264 g/mol. The first-order chi connectivity index (χ1) is 9.07. The number of hydrogen-bond donors (Lipinski definition) is 1. The Balaban J connectivity index is 2.18. The molecule has 0 spiro atoms. The minimum absolute atomic E-state index is 0.302. The van der Waals surface area contributed by atoms with Crippen LogP contribution in [0.3, 0.4) is 0 Å². The van der Waals surface area contributed by atoms with E-state index in [0.29, 0.717) is 36.8 Å². The highest BCUT2D eigenvalue weighted by Gasteiger charge is 2.40. The maximum atomic E-state index is 12.3. The van der Waals surface area contributed by atoms with Crippen molar-refractivity contribution in [2.24, 2.45) is 5.41 Å². The van der Waals surface area contributed by atoms with E-state index >= 15 is 0 Å². The van der Waals surface area contributed by atoms with Gasteiger partial charge in [-0.1, -0.05) is 17.7 Å². The number of nitrogens with zero attached hydrogens (tertiary/aromatic N) is 1. The molecule has 2 rings (SSSR count). The zero-order valence-electron chi connectivity index (χ0n) is 10.7. The van der Waals surface area contributed by atoms with E-state index in [2.05, 4.69) is 11.4 Å². The Bertz CT molecular complexity index is 531. The molecule has 19 heavy (non-hydrogen) atoms. The summed E-state index contributed by atoms with van der Waals surface area (Å²) in [5, 5.41) is 12.5. The second kappa shape index (κ2) is 5.60. The topological polar surface area (TPSA) is 62.1 Å². The zero-order valence-corrected chi connectivity index (χ0v) is 11.5. The molecule has 1 amide bonds. The smallest absolute Gasteiger partial charge is 0.245 e. The van der Waals surface area contributed by atoms with Gasteiger partial charge in [-0.25, -0.2) is 0 Å². The third kappa shape index (κ3) is 2.89. The lowest BCUT2D eigenvalue weighted by Gasteiger charge is -2.29. The van der Waals surface area contributed by atoms with Crippen LogP contribution in [0.25, 0.3) is 0 Å². The largest absolute Gasteiger partial charge is 0.381 e. The first-order valence-electron chi connectivity index (χ1n) is 6.14. The molecule has 1 aromatic carbocycles. The van der Waals surface area contributed by atoms with E-state index in [-0.39, 0.29) is 5.91 Å². The fraction of sp³-hybridized carbons (Fsp3) is 0.429. The predicted octanol–water partition coefficient (Wildman–Crippen LogP) is 2.91. The summed E-state index contributed by atoms with van der Waals surface area (Å²) in [4.78, 5) is 12.3. The van der Waals surface area contributed by atoms with Crippen LogP contribution in [0.15, 0.2) is 18.2 Å². The molecule has 1 saturated heterocycles. The molecule has 100 valence electrons. The van der Waals surface area contributed by atoms with Crippen molar-refractivity contribution < 1.29 is 9.53 Å². The van der Waals surface area contributed by atoms with Gasteiger partial charge in [0.1, 0.15) is 5.41 Å². The number of carbonyl (C=O) groups is 1. The molecule has 0 atom stereocenters. The summed E-state index contributed by atoms with van der Waals surface area (Å²) in [6.07, 6.45) is 0.831. The van der Waals surface area contributed by atoms with Gasteiger partial charge in [0, 0.05) is 13.2 Å². The highest BCUT2D eigenvalue weighted by molar-refractivity contribution is 6.33. The van der Waals surface area contributed by atoms with Crippen LogP contribution in [-0.4, -0.2) is 19.1 Å². The SMILES string of the molecule is Cc1ccc(NC(=O)C2(C#N)CCOCC2)c(Cl)c1. The molecule has 1 fully saturated rings. The molecule has 0 unspecified atom stereocenters. The lowest BCUT2D eigenvalue weighted by molar-refractivity contribution is -0.126. The van der Waals surface area contributed by atoms with Crippen molar-refractivity contribution in [3.05, 3.63) is 28.8 Å². The van der Waals surface area contributed by atoms with E-state index in [0.717, 1.165) is 5.56 Å². The number of nitrogens with one attached hydrogen (secondary N) is 1. The summed E-state index contributed by atoms with van der Waals surface area (Å²) in [6.45, 7) is 2.79. The quantitative estimate of drug-likeness (QED) is 0.905. The average Bonchev–Trinajstić information content (AvgIpc) is 2.42. The Kier molecular flexibility index (Phi) is 4.08. The fourth-order valence-corrected chi connectivity index (χ4v) is 2.36. The highest BCUT2D eigenvalue weighted by atomic mass is 35.5. The molecule has 0 aliphatic carbocycles. The van der Waals surface area contributed by atoms with E-state index in [1.165, 1.54) is 0 Å². The molecule has 1 aromatic rings. The van der Waals surface area contributed by atoms with E-state index in [4.69, 9.17) is 16.3 Å². The van der Waals surface area contributed by atoms with Gasteiger partial charge in [0.15, 0.2) is 0 Å². The molecule has 5 heteroatoms. The molecule has 1 N–H and O–H groups in total. The predicted molar refractivity (Wildman–Crippen MR) is 72.9 cm³/mol. The van der Waals surface area contributed by atoms with Gasteiger partial charge in [0.05, 0.1) is 16.8 Å². The van der Waals surface area contributed by atoms with Gasteiger partial charge in [-0.05, 0) is 37.5 Å². The zero-order chi connectivity index (χ0) is 13.9. The van der Waals surface area contributed by atoms with E-state index in [1.807, 2.05) is 13.0 Å². The van der Waals surface area contributed by atoms with E-state index < -0.39 is 5.41 Å². The Morgan fingerprint density at radius 2 is 2.16 bits per heavy atom. The van der Waals surface area contributed by atoms with Crippen molar-refractivity contribution in [1.29, 1.82) is 5.26 Å². The van der Waals surface area contributed by atoms with Crippen LogP contribution >= 0.6 is 11.6 Å². The average molecular weight is 279 g/mol. The first-order valence-corrected chi connectivity index (χ1v) is 6.52. The second-order valence-corrected chi connectivity index (χ2v) is 5.15. The number of halogens is 1. The van der Waals surface area contributed by atoms with Crippen LogP contribution in [0.4, 0.5) is 5.69 Å². The van der Waals surface area contributed by atoms with Gasteiger partial charge in [-0.3, -0.25) is 4.79 Å². The lowest BCUT2D eigenvalue weighted by atomic mass is 9.81. The Morgan fingerprint density at radius 1 is 1.47 bits per heavy atom.